The molecule has 2 aromatic rings. The number of nitrogens with one attached hydrogen (secondary N) is 1. The number of halogens is 1. The molecule has 1 N–H and O–H groups in total. The summed E-state index contributed by atoms with van der Waals surface area (Å²) in [4.78, 5) is 22.7. The molecule has 2 atom stereocenters. The molecule has 170 valence electrons. The molecule has 2 aliphatic heterocycles. The maximum Gasteiger partial charge on any atom is 0.328 e. The Balaban J connectivity index is 1.49. The molecule has 7 heteroatoms. The molecule has 1 aromatic carbocycles. The second kappa shape index (κ2) is 8.94. The van der Waals surface area contributed by atoms with E-state index in [1.165, 1.54) is 37.0 Å². The highest BCUT2D eigenvalue weighted by Crippen LogP contribution is 2.41. The molecule has 1 aromatic heterocycles. The maximum absolute atomic E-state index is 14.1. The Hall–Kier alpha value is -2.25. The fraction of sp³-hybridized carbons (Fsp3) is 0.520. The molecule has 2 amide bonds. The molecule has 3 heterocycles. The zero-order valence-corrected chi connectivity index (χ0v) is 19.4. The lowest BCUT2D eigenvalue weighted by Gasteiger charge is -2.47. The van der Waals surface area contributed by atoms with E-state index >= 15 is 0 Å². The summed E-state index contributed by atoms with van der Waals surface area (Å²) in [5.74, 6) is 0.465. The fourth-order valence-corrected chi connectivity index (χ4v) is 6.30. The molecular weight excluding hydrogens is 423 g/mol. The van der Waals surface area contributed by atoms with E-state index in [4.69, 9.17) is 4.99 Å². The van der Waals surface area contributed by atoms with Crippen LogP contribution in [0.3, 0.4) is 0 Å². The third-order valence-electron chi connectivity index (χ3n) is 7.28. The zero-order chi connectivity index (χ0) is 22.1. The summed E-state index contributed by atoms with van der Waals surface area (Å²) in [6.45, 7) is 4.01. The lowest BCUT2D eigenvalue weighted by molar-refractivity contribution is 0.123. The molecule has 0 radical (unpaired) electrons. The molecule has 0 bridgehead atoms. The van der Waals surface area contributed by atoms with Gasteiger partial charge in [-0.05, 0) is 73.2 Å². The average Bonchev–Trinajstić information content (AvgIpc) is 3.37. The van der Waals surface area contributed by atoms with Crippen LogP contribution in [0, 0.1) is 5.82 Å². The molecule has 1 aliphatic carbocycles. The van der Waals surface area contributed by atoms with Crippen LogP contribution in [0.5, 0.6) is 0 Å². The van der Waals surface area contributed by atoms with E-state index in [2.05, 4.69) is 34.0 Å². The number of benzene rings is 1. The Labute approximate surface area is 193 Å². The number of likely N-dealkylation sites (tertiary alicyclic amines) is 1. The summed E-state index contributed by atoms with van der Waals surface area (Å²) in [6, 6.07) is 8.92. The van der Waals surface area contributed by atoms with E-state index in [1.54, 1.807) is 22.3 Å². The fourth-order valence-electron chi connectivity index (χ4n) is 5.64. The Kier molecular flexibility index (Phi) is 6.03. The van der Waals surface area contributed by atoms with Gasteiger partial charge in [0, 0.05) is 24.8 Å². The highest BCUT2D eigenvalue weighted by molar-refractivity contribution is 7.07. The van der Waals surface area contributed by atoms with Gasteiger partial charge in [-0.3, -0.25) is 20.1 Å². The summed E-state index contributed by atoms with van der Waals surface area (Å²) in [5.41, 5.74) is 1.39. The maximum atomic E-state index is 14.1. The first kappa shape index (κ1) is 21.6. The standard InChI is InChI=1S/C25H31FN4OS/c1-18-15-25(11-12-29(18)16-19-10-13-32-17-19)23(27-21-7-3-2-4-8-21)28-24(31)30(25)22-9-5-6-20(26)14-22/h5-6,9-10,13-14,17-18,21H,2-4,7-8,11-12,15-16H2,1H3,(H,27,28,31)/t18-,25+/m0/s1. The predicted octanol–water partition coefficient (Wildman–Crippen LogP) is 5.57. The minimum absolute atomic E-state index is 0.191. The minimum atomic E-state index is -0.549. The number of urea groups is 1. The molecule has 5 rings (SSSR count). The van der Waals surface area contributed by atoms with Gasteiger partial charge in [0.05, 0.1) is 6.04 Å². The van der Waals surface area contributed by atoms with Crippen LogP contribution < -0.4 is 10.2 Å². The summed E-state index contributed by atoms with van der Waals surface area (Å²) >= 11 is 1.72. The quantitative estimate of drug-likeness (QED) is 0.656. The van der Waals surface area contributed by atoms with Crippen molar-refractivity contribution in [3.05, 3.63) is 52.5 Å². The van der Waals surface area contributed by atoms with Gasteiger partial charge < -0.3 is 0 Å². The van der Waals surface area contributed by atoms with E-state index in [-0.39, 0.29) is 23.9 Å². The van der Waals surface area contributed by atoms with Crippen molar-refractivity contribution >= 4 is 28.9 Å². The van der Waals surface area contributed by atoms with Crippen molar-refractivity contribution in [1.29, 1.82) is 0 Å². The zero-order valence-electron chi connectivity index (χ0n) is 18.6. The van der Waals surface area contributed by atoms with E-state index in [0.29, 0.717) is 5.69 Å². The average molecular weight is 455 g/mol. The van der Waals surface area contributed by atoms with Crippen molar-refractivity contribution in [2.45, 2.75) is 76.0 Å². The molecule has 1 spiro atoms. The van der Waals surface area contributed by atoms with E-state index in [9.17, 15) is 9.18 Å². The summed E-state index contributed by atoms with van der Waals surface area (Å²) < 4.78 is 14.1. The van der Waals surface area contributed by atoms with Crippen molar-refractivity contribution < 1.29 is 9.18 Å². The number of carbonyl (C=O) groups excluding carboxylic acids is 1. The Morgan fingerprint density at radius 2 is 2.09 bits per heavy atom. The van der Waals surface area contributed by atoms with Gasteiger partial charge in [0.25, 0.3) is 0 Å². The first-order chi connectivity index (χ1) is 15.5. The molecular formula is C25H31FN4OS. The monoisotopic (exact) mass is 454 g/mol. The first-order valence-electron chi connectivity index (χ1n) is 11.8. The van der Waals surface area contributed by atoms with Gasteiger partial charge in [-0.2, -0.15) is 11.3 Å². The number of aliphatic imine (C=N–C) groups is 1. The van der Waals surface area contributed by atoms with Gasteiger partial charge in [0.15, 0.2) is 0 Å². The first-order valence-corrected chi connectivity index (χ1v) is 12.7. The normalized spacial score (nSPS) is 28.6. The third kappa shape index (κ3) is 4.08. The summed E-state index contributed by atoms with van der Waals surface area (Å²) in [5, 5.41) is 7.43. The number of amides is 2. The molecule has 1 saturated carbocycles. The van der Waals surface area contributed by atoms with Crippen molar-refractivity contribution in [3.63, 3.8) is 0 Å². The molecule has 5 nitrogen and oxygen atoms in total. The van der Waals surface area contributed by atoms with Crippen molar-refractivity contribution in [1.82, 2.24) is 10.2 Å². The smallest absolute Gasteiger partial charge is 0.296 e. The SMILES string of the molecule is C[C@H]1C[C@]2(CCN1Cc1ccsc1)C(=NC1CCCCC1)NC(=O)N2c1cccc(F)c1. The van der Waals surface area contributed by atoms with E-state index in [0.717, 1.165) is 44.6 Å². The lowest BCUT2D eigenvalue weighted by Crippen LogP contribution is -2.59. The van der Waals surface area contributed by atoms with Crippen LogP contribution >= 0.6 is 11.3 Å². The van der Waals surface area contributed by atoms with Crippen LogP contribution in [0.15, 0.2) is 46.1 Å². The summed E-state index contributed by atoms with van der Waals surface area (Å²) in [6.07, 6.45) is 7.37. The number of amidine groups is 1. The topological polar surface area (TPSA) is 47.9 Å². The van der Waals surface area contributed by atoms with Crippen molar-refractivity contribution in [2.75, 3.05) is 11.4 Å². The molecule has 3 fully saturated rings. The molecule has 0 unspecified atom stereocenters. The van der Waals surface area contributed by atoms with Crippen LogP contribution in [0.2, 0.25) is 0 Å². The van der Waals surface area contributed by atoms with Gasteiger partial charge in [-0.15, -0.1) is 0 Å². The van der Waals surface area contributed by atoms with Crippen molar-refractivity contribution in [2.24, 2.45) is 4.99 Å². The Bertz CT molecular complexity index is 988. The number of carbonyl (C=O) groups is 1. The summed E-state index contributed by atoms with van der Waals surface area (Å²) in [7, 11) is 0. The number of rotatable bonds is 4. The number of hydrogen-bond donors (Lipinski definition) is 1. The number of hydrogen-bond acceptors (Lipinski definition) is 4. The molecule has 32 heavy (non-hydrogen) atoms. The second-order valence-electron chi connectivity index (χ2n) is 9.45. The molecule has 3 aliphatic rings. The Morgan fingerprint density at radius 3 is 2.81 bits per heavy atom. The van der Waals surface area contributed by atoms with Crippen LogP contribution in [0.25, 0.3) is 0 Å². The van der Waals surface area contributed by atoms with Crippen LogP contribution in [-0.2, 0) is 6.54 Å². The minimum Gasteiger partial charge on any atom is -0.296 e. The number of nitrogens with zero attached hydrogens (tertiary/aromatic N) is 3. The largest absolute Gasteiger partial charge is 0.328 e. The van der Waals surface area contributed by atoms with Gasteiger partial charge in [-0.1, -0.05) is 25.3 Å². The van der Waals surface area contributed by atoms with Gasteiger partial charge in [0.2, 0.25) is 0 Å². The van der Waals surface area contributed by atoms with E-state index < -0.39 is 5.54 Å². The third-order valence-corrected chi connectivity index (χ3v) is 8.02. The second-order valence-corrected chi connectivity index (χ2v) is 10.2. The van der Waals surface area contributed by atoms with Gasteiger partial charge in [0.1, 0.15) is 17.2 Å². The van der Waals surface area contributed by atoms with Gasteiger partial charge >= 0.3 is 6.03 Å². The number of thiophene rings is 1. The van der Waals surface area contributed by atoms with Gasteiger partial charge in [-0.25, -0.2) is 9.18 Å². The molecule has 2 saturated heterocycles. The van der Waals surface area contributed by atoms with Crippen molar-refractivity contribution in [3.8, 4) is 0 Å². The van der Waals surface area contributed by atoms with Crippen LogP contribution in [0.1, 0.15) is 57.4 Å². The highest BCUT2D eigenvalue weighted by Gasteiger charge is 2.54. The lowest BCUT2D eigenvalue weighted by atomic mass is 9.81. The Morgan fingerprint density at radius 1 is 1.25 bits per heavy atom. The van der Waals surface area contributed by atoms with E-state index in [1.807, 2.05) is 6.07 Å². The number of piperidine rings is 1. The number of anilines is 1. The predicted molar refractivity (Wildman–Crippen MR) is 128 cm³/mol. The highest BCUT2D eigenvalue weighted by atomic mass is 32.1. The van der Waals surface area contributed by atoms with Crippen LogP contribution in [-0.4, -0.2) is 40.9 Å². The van der Waals surface area contributed by atoms with Crippen LogP contribution in [0.4, 0.5) is 14.9 Å².